The fourth-order valence-electron chi connectivity index (χ4n) is 3.37. The Labute approximate surface area is 131 Å². The monoisotopic (exact) mass is 325 g/mol. The number of nitrogens with one attached hydrogen (secondary N) is 1. The number of rotatable bonds is 3. The van der Waals surface area contributed by atoms with Gasteiger partial charge in [-0.05, 0) is 36.5 Å². The number of carboxylic acid groups (broad SMARTS) is 1. The Balaban J connectivity index is 1.82. The summed E-state index contributed by atoms with van der Waals surface area (Å²) in [6.45, 7) is 0. The van der Waals surface area contributed by atoms with Crippen LogP contribution in [-0.4, -0.2) is 17.0 Å². The number of carbonyl (C=O) groups excluding carboxylic acids is 1. The molecule has 1 amide bonds. The molecule has 2 aliphatic rings. The normalized spacial score (nSPS) is 29.6. The van der Waals surface area contributed by atoms with Gasteiger partial charge in [0, 0.05) is 15.7 Å². The summed E-state index contributed by atoms with van der Waals surface area (Å²) in [7, 11) is 0. The molecule has 110 valence electrons. The van der Waals surface area contributed by atoms with E-state index in [1.54, 1.807) is 18.2 Å². The number of anilines is 1. The standard InChI is InChI=1S/C15H13Cl2NO3/c16-9-4-10(17)6-11(5-9)18-14(19)12-7-1-2-8(3-7)13(12)15(20)21/h1-2,4-8,12-13H,3H2,(H,18,19)(H,20,21)/t7-,8+,12+,13+/m1/s1. The molecule has 0 heterocycles. The lowest BCUT2D eigenvalue weighted by atomic mass is 9.82. The first-order valence-corrected chi connectivity index (χ1v) is 7.39. The molecule has 0 radical (unpaired) electrons. The van der Waals surface area contributed by atoms with Gasteiger partial charge in [-0.3, -0.25) is 9.59 Å². The van der Waals surface area contributed by atoms with Crippen molar-refractivity contribution in [2.45, 2.75) is 6.42 Å². The van der Waals surface area contributed by atoms with Crippen LogP contribution in [-0.2, 0) is 9.59 Å². The largest absolute Gasteiger partial charge is 0.481 e. The van der Waals surface area contributed by atoms with Crippen molar-refractivity contribution >= 4 is 40.8 Å². The first-order chi connectivity index (χ1) is 9.95. The fourth-order valence-corrected chi connectivity index (χ4v) is 3.89. The third-order valence-corrected chi connectivity index (χ3v) is 4.61. The molecule has 3 rings (SSSR count). The summed E-state index contributed by atoms with van der Waals surface area (Å²) < 4.78 is 0. The molecule has 4 atom stereocenters. The second-order valence-corrected chi connectivity index (χ2v) is 6.36. The smallest absolute Gasteiger partial charge is 0.307 e. The van der Waals surface area contributed by atoms with E-state index < -0.39 is 17.8 Å². The second kappa shape index (κ2) is 5.35. The van der Waals surface area contributed by atoms with Crippen molar-refractivity contribution < 1.29 is 14.7 Å². The average molecular weight is 326 g/mol. The molecule has 1 aromatic rings. The third-order valence-electron chi connectivity index (χ3n) is 4.18. The van der Waals surface area contributed by atoms with Gasteiger partial charge in [0.2, 0.25) is 5.91 Å². The quantitative estimate of drug-likeness (QED) is 0.836. The highest BCUT2D eigenvalue weighted by atomic mass is 35.5. The first kappa shape index (κ1) is 14.4. The topological polar surface area (TPSA) is 66.4 Å². The van der Waals surface area contributed by atoms with Gasteiger partial charge in [0.1, 0.15) is 0 Å². The number of hydrogen-bond donors (Lipinski definition) is 2. The van der Waals surface area contributed by atoms with Crippen molar-refractivity contribution in [2.24, 2.45) is 23.7 Å². The van der Waals surface area contributed by atoms with Gasteiger partial charge in [0.25, 0.3) is 0 Å². The molecule has 21 heavy (non-hydrogen) atoms. The number of amides is 1. The minimum atomic E-state index is -0.920. The Morgan fingerprint density at radius 1 is 1.05 bits per heavy atom. The number of carbonyl (C=O) groups is 2. The highest BCUT2D eigenvalue weighted by Gasteiger charge is 2.51. The molecular formula is C15H13Cl2NO3. The van der Waals surface area contributed by atoms with Crippen molar-refractivity contribution in [3.05, 3.63) is 40.4 Å². The molecule has 2 aliphatic carbocycles. The van der Waals surface area contributed by atoms with Crippen molar-refractivity contribution in [1.82, 2.24) is 0 Å². The van der Waals surface area contributed by atoms with E-state index in [0.29, 0.717) is 15.7 Å². The highest BCUT2D eigenvalue weighted by molar-refractivity contribution is 6.35. The number of benzene rings is 1. The second-order valence-electron chi connectivity index (χ2n) is 5.49. The van der Waals surface area contributed by atoms with Gasteiger partial charge in [0.15, 0.2) is 0 Å². The van der Waals surface area contributed by atoms with Crippen LogP contribution < -0.4 is 5.32 Å². The van der Waals surface area contributed by atoms with Gasteiger partial charge in [0.05, 0.1) is 11.8 Å². The highest BCUT2D eigenvalue weighted by Crippen LogP contribution is 2.48. The van der Waals surface area contributed by atoms with E-state index in [2.05, 4.69) is 5.32 Å². The van der Waals surface area contributed by atoms with Gasteiger partial charge in [-0.2, -0.15) is 0 Å². The molecule has 2 N–H and O–H groups in total. The van der Waals surface area contributed by atoms with Gasteiger partial charge >= 0.3 is 5.97 Å². The van der Waals surface area contributed by atoms with E-state index >= 15 is 0 Å². The summed E-state index contributed by atoms with van der Waals surface area (Å²) in [6.07, 6.45) is 4.58. The minimum Gasteiger partial charge on any atom is -0.481 e. The number of hydrogen-bond acceptors (Lipinski definition) is 2. The van der Waals surface area contributed by atoms with E-state index in [1.165, 1.54) is 0 Å². The van der Waals surface area contributed by atoms with Gasteiger partial charge in [-0.1, -0.05) is 35.4 Å². The molecule has 0 aromatic heterocycles. The predicted octanol–water partition coefficient (Wildman–Crippen LogP) is 3.45. The summed E-state index contributed by atoms with van der Waals surface area (Å²) in [4.78, 5) is 23.9. The number of aliphatic carboxylic acids is 1. The SMILES string of the molecule is O=C(Nc1cc(Cl)cc(Cl)c1)[C@@H]1[C@@H](C(=O)O)[C@H]2C=C[C@@H]1C2. The summed E-state index contributed by atoms with van der Waals surface area (Å²) in [5, 5.41) is 12.9. The van der Waals surface area contributed by atoms with Crippen molar-refractivity contribution in [1.29, 1.82) is 0 Å². The zero-order valence-electron chi connectivity index (χ0n) is 10.9. The molecule has 0 saturated heterocycles. The average Bonchev–Trinajstić information content (AvgIpc) is 2.96. The Kier molecular flexibility index (Phi) is 3.68. The van der Waals surface area contributed by atoms with Crippen LogP contribution >= 0.6 is 23.2 Å². The molecule has 0 spiro atoms. The van der Waals surface area contributed by atoms with Crippen LogP contribution in [0.25, 0.3) is 0 Å². The lowest BCUT2D eigenvalue weighted by Gasteiger charge is -2.23. The predicted molar refractivity (Wildman–Crippen MR) is 80.4 cm³/mol. The van der Waals surface area contributed by atoms with Gasteiger partial charge in [-0.25, -0.2) is 0 Å². The lowest BCUT2D eigenvalue weighted by Crippen LogP contribution is -2.36. The van der Waals surface area contributed by atoms with Crippen LogP contribution in [0, 0.1) is 23.7 Å². The van der Waals surface area contributed by atoms with Crippen molar-refractivity contribution in [3.8, 4) is 0 Å². The molecular weight excluding hydrogens is 313 g/mol. The molecule has 1 aromatic carbocycles. The number of halogens is 2. The van der Waals surface area contributed by atoms with E-state index in [-0.39, 0.29) is 17.7 Å². The molecule has 1 saturated carbocycles. The van der Waals surface area contributed by atoms with Crippen LogP contribution in [0.15, 0.2) is 30.4 Å². The van der Waals surface area contributed by atoms with E-state index in [4.69, 9.17) is 23.2 Å². The maximum Gasteiger partial charge on any atom is 0.307 e. The third kappa shape index (κ3) is 2.65. The summed E-state index contributed by atoms with van der Waals surface area (Å²) in [5.74, 6) is -2.48. The maximum absolute atomic E-state index is 12.4. The number of fused-ring (bicyclic) bond motifs is 2. The van der Waals surface area contributed by atoms with Crippen LogP contribution in [0.3, 0.4) is 0 Å². The van der Waals surface area contributed by atoms with E-state index in [9.17, 15) is 14.7 Å². The van der Waals surface area contributed by atoms with Crippen molar-refractivity contribution in [3.63, 3.8) is 0 Å². The van der Waals surface area contributed by atoms with E-state index in [1.807, 2.05) is 12.2 Å². The Bertz CT molecular complexity index is 624. The number of allylic oxidation sites excluding steroid dienone is 2. The summed E-state index contributed by atoms with van der Waals surface area (Å²) in [6, 6.07) is 4.74. The number of carboxylic acids is 1. The summed E-state index contributed by atoms with van der Waals surface area (Å²) in [5.41, 5.74) is 0.480. The van der Waals surface area contributed by atoms with Crippen LogP contribution in [0.2, 0.25) is 10.0 Å². The Morgan fingerprint density at radius 2 is 1.62 bits per heavy atom. The molecule has 2 bridgehead atoms. The van der Waals surface area contributed by atoms with Crippen LogP contribution in [0.4, 0.5) is 5.69 Å². The molecule has 0 aliphatic heterocycles. The van der Waals surface area contributed by atoms with Crippen LogP contribution in [0.5, 0.6) is 0 Å². The van der Waals surface area contributed by atoms with E-state index in [0.717, 1.165) is 6.42 Å². The van der Waals surface area contributed by atoms with Crippen LogP contribution in [0.1, 0.15) is 6.42 Å². The Morgan fingerprint density at radius 3 is 2.19 bits per heavy atom. The van der Waals surface area contributed by atoms with Gasteiger partial charge < -0.3 is 10.4 Å². The maximum atomic E-state index is 12.4. The molecule has 4 nitrogen and oxygen atoms in total. The Hall–Kier alpha value is -1.52. The zero-order chi connectivity index (χ0) is 15.1. The zero-order valence-corrected chi connectivity index (χ0v) is 12.4. The molecule has 6 heteroatoms. The van der Waals surface area contributed by atoms with Crippen molar-refractivity contribution in [2.75, 3.05) is 5.32 Å². The van der Waals surface area contributed by atoms with Gasteiger partial charge in [-0.15, -0.1) is 0 Å². The summed E-state index contributed by atoms with van der Waals surface area (Å²) >= 11 is 11.8. The lowest BCUT2D eigenvalue weighted by molar-refractivity contribution is -0.146. The fraction of sp³-hybridized carbons (Fsp3) is 0.333. The minimum absolute atomic E-state index is 0.00856. The first-order valence-electron chi connectivity index (χ1n) is 6.64. The molecule has 1 fully saturated rings. The molecule has 0 unspecified atom stereocenters.